The summed E-state index contributed by atoms with van der Waals surface area (Å²) in [6, 6.07) is 9.87. The average Bonchev–Trinajstić information content (AvgIpc) is 2.14. The third kappa shape index (κ3) is 3.26. The first kappa shape index (κ1) is 8.88. The zero-order chi connectivity index (χ0) is 8.65. The van der Waals surface area contributed by atoms with E-state index < -0.39 is 0 Å². The van der Waals surface area contributed by atoms with E-state index in [0.717, 1.165) is 5.56 Å². The van der Waals surface area contributed by atoms with Crippen LogP contribution >= 0.6 is 0 Å². The van der Waals surface area contributed by atoms with E-state index in [0.29, 0.717) is 6.61 Å². The first-order valence-electron chi connectivity index (χ1n) is 3.67. The molecule has 0 saturated heterocycles. The molecular formula is C9H10BO2. The molecular weight excluding hydrogens is 151 g/mol. The average molecular weight is 161 g/mol. The fourth-order valence-electron chi connectivity index (χ4n) is 0.783. The molecule has 12 heavy (non-hydrogen) atoms. The zero-order valence-corrected chi connectivity index (χ0v) is 6.77. The van der Waals surface area contributed by atoms with Crippen molar-refractivity contribution in [3.8, 4) is 0 Å². The normalized spacial score (nSPS) is 9.00. The molecule has 0 aliphatic carbocycles. The lowest BCUT2D eigenvalue weighted by Crippen LogP contribution is -2.00. The van der Waals surface area contributed by atoms with Crippen molar-refractivity contribution in [3.05, 3.63) is 48.7 Å². The molecule has 0 atom stereocenters. The molecule has 0 N–H and O–H groups in total. The van der Waals surface area contributed by atoms with Gasteiger partial charge in [-0.15, -0.1) is 0 Å². The van der Waals surface area contributed by atoms with Gasteiger partial charge in [-0.2, -0.15) is 0 Å². The summed E-state index contributed by atoms with van der Waals surface area (Å²) in [6.07, 6.45) is 1.31. The van der Waals surface area contributed by atoms with Crippen molar-refractivity contribution in [1.29, 1.82) is 0 Å². The van der Waals surface area contributed by atoms with Crippen molar-refractivity contribution in [1.82, 2.24) is 0 Å². The van der Waals surface area contributed by atoms with E-state index in [2.05, 4.69) is 11.2 Å². The van der Waals surface area contributed by atoms with Gasteiger partial charge in [0.25, 0.3) is 0 Å². The van der Waals surface area contributed by atoms with Gasteiger partial charge in [0.15, 0.2) is 0 Å². The topological polar surface area (TPSA) is 18.5 Å². The minimum Gasteiger partial charge on any atom is -0.544 e. The summed E-state index contributed by atoms with van der Waals surface area (Å²) in [5.74, 6) is 0. The molecule has 0 unspecified atom stereocenters. The van der Waals surface area contributed by atoms with Crippen molar-refractivity contribution in [3.63, 3.8) is 0 Å². The number of hydrogen-bond acceptors (Lipinski definition) is 2. The minimum atomic E-state index is 0.522. The molecule has 1 radical (unpaired) electrons. The van der Waals surface area contributed by atoms with Crippen LogP contribution in [0.4, 0.5) is 0 Å². The maximum absolute atomic E-state index is 5.04. The highest BCUT2D eigenvalue weighted by molar-refractivity contribution is 6.18. The Labute approximate surface area is 73.1 Å². The van der Waals surface area contributed by atoms with Crippen LogP contribution in [0.2, 0.25) is 0 Å². The first-order chi connectivity index (χ1) is 5.93. The molecule has 0 saturated carbocycles. The molecule has 61 valence electrons. The van der Waals surface area contributed by atoms with Gasteiger partial charge in [0.1, 0.15) is 0 Å². The fourth-order valence-corrected chi connectivity index (χ4v) is 0.783. The first-order valence-corrected chi connectivity index (χ1v) is 3.67. The van der Waals surface area contributed by atoms with E-state index in [1.54, 1.807) is 0 Å². The van der Waals surface area contributed by atoms with Gasteiger partial charge in [-0.1, -0.05) is 36.9 Å². The van der Waals surface area contributed by atoms with Gasteiger partial charge in [-0.05, 0) is 5.56 Å². The van der Waals surface area contributed by atoms with Gasteiger partial charge in [-0.3, -0.25) is 0 Å². The lowest BCUT2D eigenvalue weighted by Gasteiger charge is -2.00. The summed E-state index contributed by atoms with van der Waals surface area (Å²) in [4.78, 5) is 0. The molecule has 3 heteroatoms. The van der Waals surface area contributed by atoms with Crippen molar-refractivity contribution in [2.45, 2.75) is 6.61 Å². The number of rotatable bonds is 5. The Bertz CT molecular complexity index is 223. The monoisotopic (exact) mass is 161 g/mol. The summed E-state index contributed by atoms with van der Waals surface area (Å²) in [7, 11) is 1.26. The number of hydrogen-bond donors (Lipinski definition) is 0. The van der Waals surface area contributed by atoms with Gasteiger partial charge >= 0.3 is 7.69 Å². The van der Waals surface area contributed by atoms with Gasteiger partial charge in [0, 0.05) is 0 Å². The van der Waals surface area contributed by atoms with Crippen molar-refractivity contribution in [2.75, 3.05) is 0 Å². The Morgan fingerprint density at radius 1 is 1.33 bits per heavy atom. The second-order valence-corrected chi connectivity index (χ2v) is 2.20. The Hall–Kier alpha value is -1.22. The maximum atomic E-state index is 5.04. The molecule has 1 rings (SSSR count). The highest BCUT2D eigenvalue weighted by atomic mass is 16.6. The van der Waals surface area contributed by atoms with Crippen molar-refractivity contribution >= 4 is 7.69 Å². The van der Waals surface area contributed by atoms with E-state index in [1.165, 1.54) is 13.9 Å². The molecule has 0 aliphatic rings. The van der Waals surface area contributed by atoms with Crippen LogP contribution in [-0.2, 0) is 15.9 Å². The van der Waals surface area contributed by atoms with E-state index in [9.17, 15) is 0 Å². The Morgan fingerprint density at radius 3 is 2.75 bits per heavy atom. The molecule has 0 spiro atoms. The second kappa shape index (κ2) is 5.44. The van der Waals surface area contributed by atoms with Crippen LogP contribution in [0.1, 0.15) is 5.56 Å². The summed E-state index contributed by atoms with van der Waals surface area (Å²) >= 11 is 0. The third-order valence-corrected chi connectivity index (χ3v) is 1.31. The predicted molar refractivity (Wildman–Crippen MR) is 48.3 cm³/mol. The largest absolute Gasteiger partial charge is 0.572 e. The van der Waals surface area contributed by atoms with Crippen LogP contribution in [0.15, 0.2) is 43.2 Å². The van der Waals surface area contributed by atoms with Gasteiger partial charge in [0.2, 0.25) is 0 Å². The van der Waals surface area contributed by atoms with Gasteiger partial charge in [-0.25, -0.2) is 0 Å². The third-order valence-electron chi connectivity index (χ3n) is 1.31. The molecule has 0 aromatic heterocycles. The highest BCUT2D eigenvalue weighted by Crippen LogP contribution is 1.99. The smallest absolute Gasteiger partial charge is 0.544 e. The molecule has 2 nitrogen and oxygen atoms in total. The van der Waals surface area contributed by atoms with E-state index in [-0.39, 0.29) is 0 Å². The Morgan fingerprint density at radius 2 is 2.08 bits per heavy atom. The molecule has 0 heterocycles. The van der Waals surface area contributed by atoms with Crippen LogP contribution in [0, 0.1) is 0 Å². The molecule has 0 amide bonds. The summed E-state index contributed by atoms with van der Waals surface area (Å²) < 4.78 is 9.71. The van der Waals surface area contributed by atoms with E-state index in [1.807, 2.05) is 30.3 Å². The Kier molecular flexibility index (Phi) is 4.02. The molecule has 1 aromatic carbocycles. The lowest BCUT2D eigenvalue weighted by atomic mass is 10.2. The molecule has 1 aromatic rings. The minimum absolute atomic E-state index is 0.522. The van der Waals surface area contributed by atoms with Gasteiger partial charge < -0.3 is 9.31 Å². The van der Waals surface area contributed by atoms with E-state index >= 15 is 0 Å². The van der Waals surface area contributed by atoms with Crippen LogP contribution in [0.3, 0.4) is 0 Å². The van der Waals surface area contributed by atoms with Crippen LogP contribution < -0.4 is 0 Å². The highest BCUT2D eigenvalue weighted by Gasteiger charge is 1.93. The fraction of sp³-hybridized carbons (Fsp3) is 0.111. The van der Waals surface area contributed by atoms with Gasteiger partial charge in [0.05, 0.1) is 12.9 Å². The van der Waals surface area contributed by atoms with Crippen LogP contribution in [0.25, 0.3) is 0 Å². The summed E-state index contributed by atoms with van der Waals surface area (Å²) in [6.45, 7) is 3.89. The lowest BCUT2D eigenvalue weighted by molar-refractivity contribution is 0.263. The second-order valence-electron chi connectivity index (χ2n) is 2.20. The molecule has 0 aliphatic heterocycles. The summed E-state index contributed by atoms with van der Waals surface area (Å²) in [5, 5.41) is 0. The SMILES string of the molecule is C=CO[B]OCc1ccccc1. The predicted octanol–water partition coefficient (Wildman–Crippen LogP) is 1.90. The maximum Gasteiger partial charge on any atom is 0.572 e. The van der Waals surface area contributed by atoms with Crippen molar-refractivity contribution < 1.29 is 9.31 Å². The Balaban J connectivity index is 2.20. The van der Waals surface area contributed by atoms with Crippen molar-refractivity contribution in [2.24, 2.45) is 0 Å². The number of benzene rings is 1. The standard InChI is InChI=1S/C9H10BO2/c1-2-11-10-12-8-9-6-4-3-5-7-9/h2-7H,1,8H2. The van der Waals surface area contributed by atoms with E-state index in [4.69, 9.17) is 4.65 Å². The molecule has 0 bridgehead atoms. The molecule has 0 fully saturated rings. The van der Waals surface area contributed by atoms with Crippen LogP contribution in [-0.4, -0.2) is 7.69 Å². The quantitative estimate of drug-likeness (QED) is 0.373. The zero-order valence-electron chi connectivity index (χ0n) is 6.77. The van der Waals surface area contributed by atoms with Crippen LogP contribution in [0.5, 0.6) is 0 Å². The summed E-state index contributed by atoms with van der Waals surface area (Å²) in [5.41, 5.74) is 1.11.